The first-order valence-electron chi connectivity index (χ1n) is 9.97. The minimum absolute atomic E-state index is 0.256. The van der Waals surface area contributed by atoms with Crippen molar-refractivity contribution in [1.29, 1.82) is 0 Å². The predicted molar refractivity (Wildman–Crippen MR) is 124 cm³/mol. The van der Waals surface area contributed by atoms with Gasteiger partial charge in [0.2, 0.25) is 0 Å². The van der Waals surface area contributed by atoms with Crippen LogP contribution in [0.3, 0.4) is 0 Å². The number of carbonyl (C=O) groups is 1. The third-order valence-electron chi connectivity index (χ3n) is 5.12. The molecule has 164 valence electrons. The van der Waals surface area contributed by atoms with Gasteiger partial charge in [-0.05, 0) is 37.6 Å². The van der Waals surface area contributed by atoms with E-state index in [1.807, 2.05) is 18.2 Å². The van der Waals surface area contributed by atoms with Crippen molar-refractivity contribution in [3.05, 3.63) is 77.1 Å². The quantitative estimate of drug-likeness (QED) is 0.436. The van der Waals surface area contributed by atoms with Crippen molar-refractivity contribution in [1.82, 2.24) is 20.3 Å². The number of benzene rings is 2. The van der Waals surface area contributed by atoms with Gasteiger partial charge in [-0.3, -0.25) is 4.79 Å². The Bertz CT molecular complexity index is 1400. The van der Waals surface area contributed by atoms with Crippen molar-refractivity contribution >= 4 is 38.5 Å². The molecule has 2 heterocycles. The first kappa shape index (κ1) is 22.0. The number of sulfone groups is 1. The van der Waals surface area contributed by atoms with Crippen molar-refractivity contribution in [3.63, 3.8) is 0 Å². The average molecular weight is 469 g/mol. The van der Waals surface area contributed by atoms with Gasteiger partial charge in [0.1, 0.15) is 5.52 Å². The van der Waals surface area contributed by atoms with E-state index in [9.17, 15) is 13.2 Å². The number of hydrogen-bond donors (Lipinski definition) is 2. The third-order valence-corrected chi connectivity index (χ3v) is 7.66. The zero-order valence-electron chi connectivity index (χ0n) is 17.5. The fourth-order valence-corrected chi connectivity index (χ4v) is 4.47. The first-order valence-corrected chi connectivity index (χ1v) is 11.9. The van der Waals surface area contributed by atoms with Gasteiger partial charge in [-0.1, -0.05) is 41.9 Å². The summed E-state index contributed by atoms with van der Waals surface area (Å²) in [4.78, 5) is 24.9. The van der Waals surface area contributed by atoms with Crippen LogP contribution in [0, 0.1) is 0 Å². The van der Waals surface area contributed by atoms with Crippen molar-refractivity contribution < 1.29 is 13.2 Å². The number of fused-ring (bicyclic) bond motifs is 1. The molecular formula is C23H21ClN4O3S. The number of rotatable bonds is 6. The van der Waals surface area contributed by atoms with E-state index < -0.39 is 15.1 Å². The van der Waals surface area contributed by atoms with E-state index in [0.717, 1.165) is 5.56 Å². The number of carbonyl (C=O) groups excluding carboxylic acids is 1. The van der Waals surface area contributed by atoms with Crippen LogP contribution in [-0.4, -0.2) is 34.5 Å². The molecule has 0 saturated heterocycles. The Morgan fingerprint density at radius 1 is 1.12 bits per heavy atom. The minimum atomic E-state index is -3.36. The number of amides is 1. The van der Waals surface area contributed by atoms with E-state index in [-0.39, 0.29) is 17.3 Å². The van der Waals surface area contributed by atoms with Crippen LogP contribution in [0.4, 0.5) is 0 Å². The van der Waals surface area contributed by atoms with E-state index in [1.54, 1.807) is 56.6 Å². The largest absolute Gasteiger partial charge is 0.348 e. The van der Waals surface area contributed by atoms with Crippen molar-refractivity contribution in [2.45, 2.75) is 30.5 Å². The predicted octanol–water partition coefficient (Wildman–Crippen LogP) is 4.39. The Hall–Kier alpha value is -3.23. The summed E-state index contributed by atoms with van der Waals surface area (Å²) in [6.45, 7) is 3.57. The van der Waals surface area contributed by atoms with Crippen molar-refractivity contribution in [3.8, 4) is 11.3 Å². The highest BCUT2D eigenvalue weighted by molar-refractivity contribution is 7.92. The van der Waals surface area contributed by atoms with Gasteiger partial charge in [0, 0.05) is 23.3 Å². The van der Waals surface area contributed by atoms with Gasteiger partial charge in [0.15, 0.2) is 15.5 Å². The molecule has 0 unspecified atom stereocenters. The molecule has 0 saturated carbocycles. The van der Waals surface area contributed by atoms with Gasteiger partial charge in [0.05, 0.1) is 27.6 Å². The van der Waals surface area contributed by atoms with Gasteiger partial charge in [-0.25, -0.2) is 18.4 Å². The summed E-state index contributed by atoms with van der Waals surface area (Å²) >= 11 is 6.16. The second-order valence-electron chi connectivity index (χ2n) is 7.55. The van der Waals surface area contributed by atoms with Gasteiger partial charge < -0.3 is 10.3 Å². The SMILES string of the molecule is CC(C)S(=O)(=O)c1ccc(-c2cnc3[nH]cc(C(=O)NCc4ccccc4Cl)c3n2)cc1. The van der Waals surface area contributed by atoms with Crippen molar-refractivity contribution in [2.75, 3.05) is 0 Å². The highest BCUT2D eigenvalue weighted by Gasteiger charge is 2.19. The Balaban J connectivity index is 1.60. The van der Waals surface area contributed by atoms with Gasteiger partial charge >= 0.3 is 0 Å². The molecule has 0 aliphatic carbocycles. The lowest BCUT2D eigenvalue weighted by molar-refractivity contribution is 0.0952. The average Bonchev–Trinajstić information content (AvgIpc) is 3.21. The molecule has 2 N–H and O–H groups in total. The molecule has 0 bridgehead atoms. The molecule has 0 aliphatic rings. The van der Waals surface area contributed by atoms with Gasteiger partial charge in [-0.15, -0.1) is 0 Å². The van der Waals surface area contributed by atoms with E-state index >= 15 is 0 Å². The third kappa shape index (κ3) is 4.24. The molecule has 0 spiro atoms. The maximum absolute atomic E-state index is 12.8. The highest BCUT2D eigenvalue weighted by atomic mass is 35.5. The van der Waals surface area contributed by atoms with Crippen LogP contribution in [0.5, 0.6) is 0 Å². The summed E-state index contributed by atoms with van der Waals surface area (Å²) in [7, 11) is -3.36. The number of aromatic nitrogens is 3. The molecule has 0 atom stereocenters. The maximum Gasteiger partial charge on any atom is 0.255 e. The van der Waals surface area contributed by atoms with Crippen molar-refractivity contribution in [2.24, 2.45) is 0 Å². The fraction of sp³-hybridized carbons (Fsp3) is 0.174. The number of halogens is 1. The monoisotopic (exact) mass is 468 g/mol. The van der Waals surface area contributed by atoms with E-state index in [4.69, 9.17) is 11.6 Å². The van der Waals surface area contributed by atoms with E-state index in [0.29, 0.717) is 33.0 Å². The Morgan fingerprint density at radius 3 is 2.53 bits per heavy atom. The lowest BCUT2D eigenvalue weighted by atomic mass is 10.1. The van der Waals surface area contributed by atoms with Gasteiger partial charge in [-0.2, -0.15) is 0 Å². The van der Waals surface area contributed by atoms with Crippen LogP contribution >= 0.6 is 11.6 Å². The standard InChI is InChI=1S/C23H21ClN4O3S/c1-14(2)32(30,31)17-9-7-15(8-10-17)20-13-26-22-21(28-20)18(12-25-22)23(29)27-11-16-5-3-4-6-19(16)24/h3-10,12-14H,11H2,1-2H3,(H,25,26)(H,27,29). The zero-order valence-corrected chi connectivity index (χ0v) is 19.0. The number of hydrogen-bond acceptors (Lipinski definition) is 5. The summed E-state index contributed by atoms with van der Waals surface area (Å²) in [5.74, 6) is -0.305. The van der Waals surface area contributed by atoms with Crippen LogP contribution in [0.15, 0.2) is 65.8 Å². The topological polar surface area (TPSA) is 105 Å². The summed E-state index contributed by atoms with van der Waals surface area (Å²) < 4.78 is 24.7. The molecule has 4 rings (SSSR count). The zero-order chi connectivity index (χ0) is 22.9. The molecule has 0 radical (unpaired) electrons. The molecule has 1 amide bonds. The summed E-state index contributed by atoms with van der Waals surface area (Å²) in [5, 5.41) is 2.93. The Morgan fingerprint density at radius 2 is 1.84 bits per heavy atom. The highest BCUT2D eigenvalue weighted by Crippen LogP contribution is 2.24. The van der Waals surface area contributed by atoms with Crippen LogP contribution < -0.4 is 5.32 Å². The van der Waals surface area contributed by atoms with Crippen LogP contribution in [0.1, 0.15) is 29.8 Å². The number of nitrogens with zero attached hydrogens (tertiary/aromatic N) is 2. The summed E-state index contributed by atoms with van der Waals surface area (Å²) in [6.07, 6.45) is 3.14. The first-order chi connectivity index (χ1) is 15.3. The number of nitrogens with one attached hydrogen (secondary N) is 2. The molecular weight excluding hydrogens is 448 g/mol. The maximum atomic E-state index is 12.8. The van der Waals surface area contributed by atoms with Gasteiger partial charge in [0.25, 0.3) is 5.91 Å². The second kappa shape index (κ2) is 8.72. The molecule has 32 heavy (non-hydrogen) atoms. The molecule has 4 aromatic rings. The van der Waals surface area contributed by atoms with E-state index in [1.165, 1.54) is 0 Å². The van der Waals surface area contributed by atoms with Crippen LogP contribution in [-0.2, 0) is 16.4 Å². The molecule has 0 fully saturated rings. The lowest BCUT2D eigenvalue weighted by Gasteiger charge is -2.09. The minimum Gasteiger partial charge on any atom is -0.348 e. The fourth-order valence-electron chi connectivity index (χ4n) is 3.20. The number of H-pyrrole nitrogens is 1. The Kier molecular flexibility index (Phi) is 5.99. The second-order valence-corrected chi connectivity index (χ2v) is 10.5. The van der Waals surface area contributed by atoms with Crippen LogP contribution in [0.25, 0.3) is 22.4 Å². The molecule has 7 nitrogen and oxygen atoms in total. The summed E-state index contributed by atoms with van der Waals surface area (Å²) in [5.41, 5.74) is 3.32. The molecule has 0 aliphatic heterocycles. The molecule has 2 aromatic heterocycles. The lowest BCUT2D eigenvalue weighted by Crippen LogP contribution is -2.22. The normalized spacial score (nSPS) is 11.8. The summed E-state index contributed by atoms with van der Waals surface area (Å²) in [6, 6.07) is 13.8. The molecule has 9 heteroatoms. The van der Waals surface area contributed by atoms with E-state index in [2.05, 4.69) is 20.3 Å². The smallest absolute Gasteiger partial charge is 0.255 e. The van der Waals surface area contributed by atoms with Crippen LogP contribution in [0.2, 0.25) is 5.02 Å². The molecule has 2 aromatic carbocycles. The Labute approximate surface area is 190 Å². The number of aromatic amines is 1.